The topological polar surface area (TPSA) is 61.4 Å². The number of nitrogens with zero attached hydrogens (tertiary/aromatic N) is 2. The maximum absolute atomic E-state index is 10.7. The molecular formula is C21H30BN3O2S. The third-order valence-electron chi connectivity index (χ3n) is 7.55. The number of aromatic amines is 1. The summed E-state index contributed by atoms with van der Waals surface area (Å²) in [5, 5.41) is 11.8. The van der Waals surface area contributed by atoms with E-state index in [2.05, 4.69) is 41.1 Å². The molecule has 2 fully saturated rings. The van der Waals surface area contributed by atoms with E-state index in [1.165, 1.54) is 30.6 Å². The predicted molar refractivity (Wildman–Crippen MR) is 115 cm³/mol. The third kappa shape index (κ3) is 2.63. The smallest absolute Gasteiger partial charge is 0.423 e. The maximum Gasteiger partial charge on any atom is 0.493 e. The van der Waals surface area contributed by atoms with Gasteiger partial charge in [0.25, 0.3) is 0 Å². The summed E-state index contributed by atoms with van der Waals surface area (Å²) in [6.45, 7) is 9.34. The van der Waals surface area contributed by atoms with Crippen LogP contribution in [0.1, 0.15) is 58.4 Å². The van der Waals surface area contributed by atoms with Crippen molar-refractivity contribution in [2.75, 3.05) is 18.8 Å². The highest BCUT2D eigenvalue weighted by Gasteiger charge is 2.65. The van der Waals surface area contributed by atoms with Gasteiger partial charge in [0.2, 0.25) is 0 Å². The monoisotopic (exact) mass is 399 g/mol. The molecule has 2 spiro atoms. The lowest BCUT2D eigenvalue weighted by atomic mass is 9.67. The highest BCUT2D eigenvalue weighted by atomic mass is 32.2. The van der Waals surface area contributed by atoms with E-state index in [4.69, 9.17) is 4.65 Å². The van der Waals surface area contributed by atoms with E-state index in [0.29, 0.717) is 0 Å². The highest BCUT2D eigenvalue weighted by molar-refractivity contribution is 7.97. The Labute approximate surface area is 171 Å². The van der Waals surface area contributed by atoms with Crippen molar-refractivity contribution in [3.63, 3.8) is 0 Å². The first-order chi connectivity index (χ1) is 13.4. The van der Waals surface area contributed by atoms with Crippen LogP contribution in [-0.2, 0) is 10.3 Å². The average Bonchev–Trinajstić information content (AvgIpc) is 3.36. The summed E-state index contributed by atoms with van der Waals surface area (Å²) >= 11 is 2.02. The lowest BCUT2D eigenvalue weighted by Crippen LogP contribution is -2.35. The zero-order valence-electron chi connectivity index (χ0n) is 17.1. The minimum absolute atomic E-state index is 0.153. The number of hydrogen-bond donors (Lipinski definition) is 2. The van der Waals surface area contributed by atoms with Crippen molar-refractivity contribution in [1.29, 1.82) is 0 Å². The minimum atomic E-state index is -0.871. The summed E-state index contributed by atoms with van der Waals surface area (Å²) in [7, 11) is -0.871. The second-order valence-electron chi connectivity index (χ2n) is 9.61. The Balaban J connectivity index is 1.51. The summed E-state index contributed by atoms with van der Waals surface area (Å²) in [5.74, 6) is 1.21. The van der Waals surface area contributed by atoms with Crippen LogP contribution < -0.4 is 5.46 Å². The molecule has 2 aromatic rings. The van der Waals surface area contributed by atoms with Crippen molar-refractivity contribution in [1.82, 2.24) is 14.3 Å². The van der Waals surface area contributed by atoms with Crippen LogP contribution in [-0.4, -0.2) is 45.3 Å². The van der Waals surface area contributed by atoms with Gasteiger partial charge >= 0.3 is 7.12 Å². The fourth-order valence-electron chi connectivity index (χ4n) is 6.04. The molecule has 4 heterocycles. The summed E-state index contributed by atoms with van der Waals surface area (Å²) in [5.41, 5.74) is 2.88. The molecule has 5 nitrogen and oxygen atoms in total. The number of hydrogen-bond acceptors (Lipinski definition) is 5. The van der Waals surface area contributed by atoms with Crippen LogP contribution in [0.2, 0.25) is 0 Å². The van der Waals surface area contributed by atoms with Crippen LogP contribution in [0, 0.1) is 10.8 Å². The number of pyridine rings is 1. The Kier molecular flexibility index (Phi) is 4.40. The molecule has 3 aliphatic rings. The standard InChI is InChI=1S/C21H30BN3O2S/c1-4-5-10-28-25-9-7-20(14-25)13-21(12-19(20,2)3)17-15-6-8-23-18(15)24-11-16(17)22(26)27-21/h6,8,11,26H,4-5,7,9-10,12-14H2,1-3H3,(H,23,24). The molecule has 1 saturated heterocycles. The van der Waals surface area contributed by atoms with Gasteiger partial charge in [0.05, 0.1) is 5.60 Å². The van der Waals surface area contributed by atoms with Gasteiger partial charge in [0.15, 0.2) is 0 Å². The van der Waals surface area contributed by atoms with E-state index in [0.717, 1.165) is 42.4 Å². The van der Waals surface area contributed by atoms with Crippen molar-refractivity contribution >= 4 is 35.6 Å². The number of H-pyrrole nitrogens is 1. The molecule has 5 rings (SSSR count). The summed E-state index contributed by atoms with van der Waals surface area (Å²) < 4.78 is 8.97. The van der Waals surface area contributed by atoms with E-state index >= 15 is 0 Å². The first kappa shape index (κ1) is 19.0. The van der Waals surface area contributed by atoms with Gasteiger partial charge in [-0.2, -0.15) is 0 Å². The number of aromatic nitrogens is 2. The third-order valence-corrected chi connectivity index (χ3v) is 8.70. The Hall–Kier alpha value is -1.02. The Morgan fingerprint density at radius 3 is 3.07 bits per heavy atom. The molecule has 0 bridgehead atoms. The zero-order chi connectivity index (χ0) is 19.6. The molecule has 2 unspecified atom stereocenters. The normalized spacial score (nSPS) is 31.6. The van der Waals surface area contributed by atoms with Crippen molar-refractivity contribution in [2.24, 2.45) is 10.8 Å². The average molecular weight is 399 g/mol. The second-order valence-corrected chi connectivity index (χ2v) is 10.8. The van der Waals surface area contributed by atoms with Crippen LogP contribution in [0.5, 0.6) is 0 Å². The zero-order valence-corrected chi connectivity index (χ0v) is 17.9. The number of rotatable bonds is 4. The van der Waals surface area contributed by atoms with Crippen molar-refractivity contribution in [3.8, 4) is 0 Å². The lowest BCUT2D eigenvalue weighted by Gasteiger charge is -2.37. The van der Waals surface area contributed by atoms with Crippen LogP contribution in [0.4, 0.5) is 0 Å². The minimum Gasteiger partial charge on any atom is -0.423 e. The number of unbranched alkanes of at least 4 members (excludes halogenated alkanes) is 1. The van der Waals surface area contributed by atoms with Crippen LogP contribution in [0.25, 0.3) is 11.0 Å². The van der Waals surface area contributed by atoms with Crippen molar-refractivity contribution in [2.45, 2.75) is 58.5 Å². The maximum atomic E-state index is 10.7. The first-order valence-electron chi connectivity index (χ1n) is 10.6. The number of nitrogens with one attached hydrogen (secondary N) is 1. The SMILES string of the molecule is CCCCSN1CCC2(C1)CC1(CC2(C)C)OB(O)c2cnc3[nH]ccc3c21. The molecule has 0 amide bonds. The van der Waals surface area contributed by atoms with Gasteiger partial charge in [-0.05, 0) is 48.1 Å². The molecule has 1 aliphatic carbocycles. The highest BCUT2D eigenvalue weighted by Crippen LogP contribution is 2.66. The fourth-order valence-corrected chi connectivity index (χ4v) is 7.28. The Morgan fingerprint density at radius 2 is 2.25 bits per heavy atom. The largest absolute Gasteiger partial charge is 0.493 e. The molecule has 7 heteroatoms. The molecular weight excluding hydrogens is 369 g/mol. The summed E-state index contributed by atoms with van der Waals surface area (Å²) in [6.07, 6.45) is 9.40. The summed E-state index contributed by atoms with van der Waals surface area (Å²) in [6, 6.07) is 2.09. The van der Waals surface area contributed by atoms with Gasteiger partial charge in [-0.15, -0.1) is 0 Å². The van der Waals surface area contributed by atoms with Gasteiger partial charge in [-0.1, -0.05) is 39.1 Å². The molecule has 2 N–H and O–H groups in total. The molecule has 28 heavy (non-hydrogen) atoms. The molecule has 0 aromatic carbocycles. The Morgan fingerprint density at radius 1 is 1.39 bits per heavy atom. The molecule has 2 aliphatic heterocycles. The lowest BCUT2D eigenvalue weighted by molar-refractivity contribution is 0.0548. The van der Waals surface area contributed by atoms with Crippen LogP contribution in [0.15, 0.2) is 18.5 Å². The molecule has 2 aromatic heterocycles. The van der Waals surface area contributed by atoms with E-state index in [1.54, 1.807) is 6.20 Å². The van der Waals surface area contributed by atoms with E-state index in [-0.39, 0.29) is 10.8 Å². The first-order valence-corrected chi connectivity index (χ1v) is 11.5. The van der Waals surface area contributed by atoms with Gasteiger partial charge in [-0.25, -0.2) is 4.98 Å². The summed E-state index contributed by atoms with van der Waals surface area (Å²) in [4.78, 5) is 7.72. The van der Waals surface area contributed by atoms with Gasteiger partial charge in [0.1, 0.15) is 5.65 Å². The quantitative estimate of drug-likeness (QED) is 0.469. The second kappa shape index (κ2) is 6.49. The van der Waals surface area contributed by atoms with Gasteiger partial charge in [-0.3, -0.25) is 4.31 Å². The molecule has 2 atom stereocenters. The van der Waals surface area contributed by atoms with Crippen LogP contribution in [0.3, 0.4) is 0 Å². The molecule has 0 radical (unpaired) electrons. The van der Waals surface area contributed by atoms with Gasteiger partial charge < -0.3 is 14.7 Å². The van der Waals surface area contributed by atoms with E-state index in [9.17, 15) is 5.02 Å². The fraction of sp³-hybridized carbons (Fsp3) is 0.667. The van der Waals surface area contributed by atoms with Gasteiger partial charge in [0, 0.05) is 42.1 Å². The van der Waals surface area contributed by atoms with Crippen LogP contribution >= 0.6 is 11.9 Å². The molecule has 1 saturated carbocycles. The van der Waals surface area contributed by atoms with Crippen molar-refractivity contribution < 1.29 is 9.68 Å². The molecule has 150 valence electrons. The number of fused-ring (bicyclic) bond motifs is 4. The predicted octanol–water partition coefficient (Wildman–Crippen LogP) is 3.44. The van der Waals surface area contributed by atoms with E-state index in [1.807, 2.05) is 18.1 Å². The van der Waals surface area contributed by atoms with E-state index < -0.39 is 12.7 Å². The Bertz CT molecular complexity index is 903. The van der Waals surface area contributed by atoms with Crippen molar-refractivity contribution in [3.05, 3.63) is 24.0 Å².